The number of aliphatic hydroxyl groups excluding tert-OH is 1. The molecule has 1 saturated carbocycles. The third-order valence-corrected chi connectivity index (χ3v) is 2.51. The molecule has 70 valence electrons. The van der Waals surface area contributed by atoms with E-state index in [0.29, 0.717) is 11.5 Å². The summed E-state index contributed by atoms with van der Waals surface area (Å²) in [5.41, 5.74) is 1.44. The van der Waals surface area contributed by atoms with E-state index >= 15 is 0 Å². The molecule has 0 saturated heterocycles. The van der Waals surface area contributed by atoms with Gasteiger partial charge in [0.1, 0.15) is 5.82 Å². The lowest BCUT2D eigenvalue weighted by Gasteiger charge is -2.03. The summed E-state index contributed by atoms with van der Waals surface area (Å²) in [4.78, 5) is 0. The first-order valence-corrected chi connectivity index (χ1v) is 4.68. The summed E-state index contributed by atoms with van der Waals surface area (Å²) in [5, 5.41) is 8.78. The molecule has 13 heavy (non-hydrogen) atoms. The Labute approximate surface area is 77.2 Å². The first-order chi connectivity index (χ1) is 6.29. The molecule has 1 aromatic rings. The zero-order valence-electron chi connectivity index (χ0n) is 7.46. The second kappa shape index (κ2) is 3.46. The molecule has 0 amide bonds. The molecule has 0 aliphatic heterocycles. The molecule has 1 fully saturated rings. The van der Waals surface area contributed by atoms with E-state index in [4.69, 9.17) is 5.11 Å². The number of aliphatic hydroxyl groups is 1. The molecule has 0 heterocycles. The highest BCUT2D eigenvalue weighted by Gasteiger charge is 2.22. The van der Waals surface area contributed by atoms with E-state index in [2.05, 4.69) is 0 Å². The third kappa shape index (κ3) is 2.07. The Hall–Kier alpha value is -0.890. The van der Waals surface area contributed by atoms with Crippen molar-refractivity contribution in [2.24, 2.45) is 5.92 Å². The molecule has 0 aromatic heterocycles. The van der Waals surface area contributed by atoms with Crippen molar-refractivity contribution in [3.05, 3.63) is 35.1 Å². The van der Waals surface area contributed by atoms with Crippen molar-refractivity contribution in [2.75, 3.05) is 0 Å². The lowest BCUT2D eigenvalue weighted by atomic mass is 10.1. The molecule has 1 aromatic carbocycles. The molecule has 0 unspecified atom stereocenters. The van der Waals surface area contributed by atoms with Gasteiger partial charge in [-0.3, -0.25) is 0 Å². The van der Waals surface area contributed by atoms with Crippen LogP contribution in [0.5, 0.6) is 0 Å². The minimum Gasteiger partial charge on any atom is -0.392 e. The predicted molar refractivity (Wildman–Crippen MR) is 48.8 cm³/mol. The maximum atomic E-state index is 13.3. The quantitative estimate of drug-likeness (QED) is 0.756. The Kier molecular flexibility index (Phi) is 2.32. The number of benzene rings is 1. The fourth-order valence-electron chi connectivity index (χ4n) is 1.49. The summed E-state index contributed by atoms with van der Waals surface area (Å²) in [6.45, 7) is -0.0827. The van der Waals surface area contributed by atoms with Gasteiger partial charge in [0.2, 0.25) is 0 Å². The molecule has 1 nitrogen and oxygen atoms in total. The molecule has 1 N–H and O–H groups in total. The fourth-order valence-corrected chi connectivity index (χ4v) is 1.49. The first kappa shape index (κ1) is 8.70. The Morgan fingerprint density at radius 2 is 2.15 bits per heavy atom. The van der Waals surface area contributed by atoms with Crippen molar-refractivity contribution in [2.45, 2.75) is 25.9 Å². The summed E-state index contributed by atoms with van der Waals surface area (Å²) in [7, 11) is 0. The van der Waals surface area contributed by atoms with Crippen LogP contribution >= 0.6 is 0 Å². The summed E-state index contributed by atoms with van der Waals surface area (Å²) < 4.78 is 13.3. The van der Waals surface area contributed by atoms with Gasteiger partial charge in [-0.05, 0) is 42.4 Å². The van der Waals surface area contributed by atoms with Crippen LogP contribution in [0.25, 0.3) is 0 Å². The van der Waals surface area contributed by atoms with Gasteiger partial charge >= 0.3 is 0 Å². The van der Waals surface area contributed by atoms with Crippen LogP contribution in [0, 0.1) is 11.7 Å². The van der Waals surface area contributed by atoms with Gasteiger partial charge in [-0.25, -0.2) is 4.39 Å². The second-order valence-corrected chi connectivity index (χ2v) is 3.73. The lowest BCUT2D eigenvalue weighted by molar-refractivity contribution is 0.281. The van der Waals surface area contributed by atoms with Crippen LogP contribution in [-0.2, 0) is 13.0 Å². The summed E-state index contributed by atoms with van der Waals surface area (Å²) in [5.74, 6) is 0.535. The molecule has 0 bridgehead atoms. The zero-order valence-corrected chi connectivity index (χ0v) is 7.46. The highest BCUT2D eigenvalue weighted by molar-refractivity contribution is 5.24. The Bertz CT molecular complexity index is 305. The van der Waals surface area contributed by atoms with Gasteiger partial charge in [-0.15, -0.1) is 0 Å². The normalized spacial score (nSPS) is 16.2. The van der Waals surface area contributed by atoms with Crippen molar-refractivity contribution in [3.8, 4) is 0 Å². The van der Waals surface area contributed by atoms with Crippen LogP contribution in [0.1, 0.15) is 24.0 Å². The van der Waals surface area contributed by atoms with Crippen LogP contribution in [0.3, 0.4) is 0 Å². The van der Waals surface area contributed by atoms with Gasteiger partial charge < -0.3 is 5.11 Å². The smallest absolute Gasteiger partial charge is 0.126 e. The molecule has 2 rings (SSSR count). The Morgan fingerprint density at radius 1 is 1.38 bits per heavy atom. The minimum absolute atomic E-state index is 0.0827. The monoisotopic (exact) mass is 180 g/mol. The topological polar surface area (TPSA) is 20.2 Å². The number of rotatable bonds is 3. The van der Waals surface area contributed by atoms with Crippen LogP contribution in [0.4, 0.5) is 4.39 Å². The van der Waals surface area contributed by atoms with Crippen molar-refractivity contribution in [1.82, 2.24) is 0 Å². The Morgan fingerprint density at radius 3 is 2.69 bits per heavy atom. The Balaban J connectivity index is 2.15. The van der Waals surface area contributed by atoms with Gasteiger partial charge in [-0.1, -0.05) is 12.1 Å². The fraction of sp³-hybridized carbons (Fsp3) is 0.455. The number of hydrogen-bond acceptors (Lipinski definition) is 1. The van der Waals surface area contributed by atoms with E-state index in [1.54, 1.807) is 12.1 Å². The summed E-state index contributed by atoms with van der Waals surface area (Å²) in [6.07, 6.45) is 3.33. The van der Waals surface area contributed by atoms with Crippen molar-refractivity contribution < 1.29 is 9.50 Å². The van der Waals surface area contributed by atoms with Crippen molar-refractivity contribution in [1.29, 1.82) is 0 Å². The van der Waals surface area contributed by atoms with Gasteiger partial charge in [-0.2, -0.15) is 0 Å². The standard InChI is InChI=1S/C11H13FO/c12-11-6-9(7-13)3-4-10(11)5-8-1-2-8/h3-4,6,8,13H,1-2,5,7H2. The molecule has 1 aliphatic rings. The van der Waals surface area contributed by atoms with E-state index in [1.165, 1.54) is 18.9 Å². The lowest BCUT2D eigenvalue weighted by Crippen LogP contribution is -1.94. The van der Waals surface area contributed by atoms with Crippen LogP contribution < -0.4 is 0 Å². The first-order valence-electron chi connectivity index (χ1n) is 4.68. The maximum absolute atomic E-state index is 13.3. The molecule has 0 atom stereocenters. The molecule has 0 radical (unpaired) electrons. The van der Waals surface area contributed by atoms with Gasteiger partial charge in [0.25, 0.3) is 0 Å². The third-order valence-electron chi connectivity index (χ3n) is 2.51. The van der Waals surface area contributed by atoms with Crippen LogP contribution in [0.2, 0.25) is 0 Å². The second-order valence-electron chi connectivity index (χ2n) is 3.73. The van der Waals surface area contributed by atoms with Gasteiger partial charge in [0, 0.05) is 0 Å². The molecule has 1 aliphatic carbocycles. The minimum atomic E-state index is -0.168. The highest BCUT2D eigenvalue weighted by Crippen LogP contribution is 2.33. The molecule has 0 spiro atoms. The summed E-state index contributed by atoms with van der Waals surface area (Å²) >= 11 is 0. The van der Waals surface area contributed by atoms with E-state index in [-0.39, 0.29) is 12.4 Å². The molecule has 2 heteroatoms. The van der Waals surface area contributed by atoms with E-state index in [9.17, 15) is 4.39 Å². The largest absolute Gasteiger partial charge is 0.392 e. The predicted octanol–water partition coefficient (Wildman–Crippen LogP) is 2.27. The van der Waals surface area contributed by atoms with Crippen molar-refractivity contribution >= 4 is 0 Å². The van der Waals surface area contributed by atoms with E-state index in [1.807, 2.05) is 0 Å². The average molecular weight is 180 g/mol. The van der Waals surface area contributed by atoms with Crippen LogP contribution in [-0.4, -0.2) is 5.11 Å². The maximum Gasteiger partial charge on any atom is 0.126 e. The van der Waals surface area contributed by atoms with Gasteiger partial charge in [0.15, 0.2) is 0 Å². The highest BCUT2D eigenvalue weighted by atomic mass is 19.1. The number of halogens is 1. The van der Waals surface area contributed by atoms with E-state index in [0.717, 1.165) is 12.0 Å². The van der Waals surface area contributed by atoms with Gasteiger partial charge in [0.05, 0.1) is 6.61 Å². The van der Waals surface area contributed by atoms with Crippen LogP contribution in [0.15, 0.2) is 18.2 Å². The number of hydrogen-bond donors (Lipinski definition) is 1. The molecular weight excluding hydrogens is 167 g/mol. The van der Waals surface area contributed by atoms with E-state index < -0.39 is 0 Å². The SMILES string of the molecule is OCc1ccc(CC2CC2)c(F)c1. The zero-order chi connectivity index (χ0) is 9.26. The average Bonchev–Trinajstić information content (AvgIpc) is 2.92. The van der Waals surface area contributed by atoms with Crippen molar-refractivity contribution in [3.63, 3.8) is 0 Å². The molecular formula is C11H13FO. The summed E-state index contributed by atoms with van der Waals surface area (Å²) in [6, 6.07) is 5.01.